The Labute approximate surface area is 172 Å². The molecule has 0 fully saturated rings. The van der Waals surface area contributed by atoms with Gasteiger partial charge in [0.05, 0.1) is 11.6 Å². The molecule has 0 atom stereocenters. The van der Waals surface area contributed by atoms with Gasteiger partial charge in [-0.25, -0.2) is 9.37 Å². The minimum atomic E-state index is -0.637. The molecule has 1 aromatic carbocycles. The normalized spacial score (nSPS) is 14.4. The van der Waals surface area contributed by atoms with Crippen molar-refractivity contribution < 1.29 is 14.3 Å². The molecule has 1 aliphatic heterocycles. The minimum Gasteiger partial charge on any atom is -0.392 e. The summed E-state index contributed by atoms with van der Waals surface area (Å²) in [6, 6.07) is 5.33. The predicted molar refractivity (Wildman–Crippen MR) is 109 cm³/mol. The maximum atomic E-state index is 14.1. The van der Waals surface area contributed by atoms with Gasteiger partial charge in [0, 0.05) is 47.9 Å². The smallest absolute Gasteiger partial charge is 0.244 e. The standard InChI is InChI=1S/C20H21ClFN5O2/c1-11(2)26-4-3-14-7-17(25-27(14)9-18(26)29)24-16-6-12-5-13(10-28)20(22)19(21)15(12)8-23-16/h5-8,11,28H,3-4,9-10H2,1-2H3,(H,23,24,25). The molecule has 2 N–H and O–H groups in total. The lowest BCUT2D eigenvalue weighted by molar-refractivity contribution is -0.133. The van der Waals surface area contributed by atoms with Crippen LogP contribution in [0.25, 0.3) is 10.8 Å². The van der Waals surface area contributed by atoms with Crippen molar-refractivity contribution >= 4 is 39.9 Å². The van der Waals surface area contributed by atoms with E-state index in [-0.39, 0.29) is 29.1 Å². The van der Waals surface area contributed by atoms with E-state index in [4.69, 9.17) is 11.6 Å². The molecule has 1 amide bonds. The van der Waals surface area contributed by atoms with E-state index in [0.717, 1.165) is 12.1 Å². The molecule has 2 aromatic heterocycles. The summed E-state index contributed by atoms with van der Waals surface area (Å²) in [6.07, 6.45) is 2.20. The highest BCUT2D eigenvalue weighted by atomic mass is 35.5. The zero-order chi connectivity index (χ0) is 20.7. The van der Waals surface area contributed by atoms with Crippen LogP contribution in [0.2, 0.25) is 5.02 Å². The van der Waals surface area contributed by atoms with E-state index >= 15 is 0 Å². The number of aliphatic hydroxyl groups excluding tert-OH is 1. The summed E-state index contributed by atoms with van der Waals surface area (Å²) in [7, 11) is 0. The van der Waals surface area contributed by atoms with Gasteiger partial charge in [-0.05, 0) is 31.4 Å². The summed E-state index contributed by atoms with van der Waals surface area (Å²) in [5.41, 5.74) is 1.10. The molecule has 0 spiro atoms. The molecular weight excluding hydrogens is 397 g/mol. The highest BCUT2D eigenvalue weighted by molar-refractivity contribution is 6.35. The number of benzene rings is 1. The second kappa shape index (κ2) is 7.61. The van der Waals surface area contributed by atoms with E-state index in [1.165, 1.54) is 6.20 Å². The van der Waals surface area contributed by atoms with Gasteiger partial charge in [0.15, 0.2) is 5.82 Å². The number of aromatic nitrogens is 3. The summed E-state index contributed by atoms with van der Waals surface area (Å²) < 4.78 is 15.8. The fourth-order valence-electron chi connectivity index (χ4n) is 3.58. The van der Waals surface area contributed by atoms with Crippen molar-refractivity contribution in [2.24, 2.45) is 0 Å². The number of hydrogen-bond acceptors (Lipinski definition) is 5. The van der Waals surface area contributed by atoms with E-state index in [1.54, 1.807) is 16.8 Å². The number of carbonyl (C=O) groups is 1. The van der Waals surface area contributed by atoms with Gasteiger partial charge in [0.25, 0.3) is 0 Å². The third-order valence-electron chi connectivity index (χ3n) is 5.10. The highest BCUT2D eigenvalue weighted by Crippen LogP contribution is 2.30. The monoisotopic (exact) mass is 417 g/mol. The minimum absolute atomic E-state index is 0.0467. The fourth-order valence-corrected chi connectivity index (χ4v) is 3.86. The summed E-state index contributed by atoms with van der Waals surface area (Å²) in [6.45, 7) is 4.43. The van der Waals surface area contributed by atoms with Crippen LogP contribution in [0, 0.1) is 5.82 Å². The third-order valence-corrected chi connectivity index (χ3v) is 5.47. The first-order valence-electron chi connectivity index (χ1n) is 9.38. The van der Waals surface area contributed by atoms with E-state index in [1.807, 2.05) is 24.8 Å². The highest BCUT2D eigenvalue weighted by Gasteiger charge is 2.23. The summed E-state index contributed by atoms with van der Waals surface area (Å²) >= 11 is 6.06. The SMILES string of the molecule is CC(C)N1CCc2cc(Nc3cc4cc(CO)c(F)c(Cl)c4cn3)nn2CC1=O. The molecule has 0 aliphatic carbocycles. The summed E-state index contributed by atoms with van der Waals surface area (Å²) in [4.78, 5) is 18.6. The Kier molecular flexibility index (Phi) is 5.14. The van der Waals surface area contributed by atoms with Crippen molar-refractivity contribution in [3.05, 3.63) is 46.5 Å². The fraction of sp³-hybridized carbons (Fsp3) is 0.350. The van der Waals surface area contributed by atoms with E-state index in [2.05, 4.69) is 15.4 Å². The van der Waals surface area contributed by atoms with Crippen molar-refractivity contribution in [3.63, 3.8) is 0 Å². The average molecular weight is 418 g/mol. The van der Waals surface area contributed by atoms with Gasteiger partial charge in [-0.1, -0.05) is 11.6 Å². The first kappa shape index (κ1) is 19.6. The molecule has 3 heterocycles. The van der Waals surface area contributed by atoms with Crippen LogP contribution in [0.5, 0.6) is 0 Å². The molecule has 0 bridgehead atoms. The van der Waals surface area contributed by atoms with Crippen LogP contribution in [0.3, 0.4) is 0 Å². The van der Waals surface area contributed by atoms with Gasteiger partial charge in [-0.3, -0.25) is 9.48 Å². The lowest BCUT2D eigenvalue weighted by atomic mass is 10.1. The van der Waals surface area contributed by atoms with Crippen molar-refractivity contribution in [2.45, 2.75) is 39.5 Å². The first-order valence-corrected chi connectivity index (χ1v) is 9.76. The maximum absolute atomic E-state index is 14.1. The van der Waals surface area contributed by atoms with Crippen LogP contribution < -0.4 is 5.32 Å². The first-order chi connectivity index (χ1) is 13.9. The molecule has 0 radical (unpaired) electrons. The van der Waals surface area contributed by atoms with Crippen LogP contribution in [-0.2, 0) is 24.4 Å². The largest absolute Gasteiger partial charge is 0.392 e. The van der Waals surface area contributed by atoms with Crippen LogP contribution >= 0.6 is 11.6 Å². The number of carbonyl (C=O) groups excluding carboxylic acids is 1. The van der Waals surface area contributed by atoms with E-state index < -0.39 is 12.4 Å². The quantitative estimate of drug-likeness (QED) is 0.680. The molecule has 1 aliphatic rings. The zero-order valence-corrected chi connectivity index (χ0v) is 16.9. The topological polar surface area (TPSA) is 83.3 Å². The molecule has 4 rings (SSSR count). The molecule has 0 unspecified atom stereocenters. The molecule has 9 heteroatoms. The zero-order valence-electron chi connectivity index (χ0n) is 16.1. The molecule has 0 saturated carbocycles. The van der Waals surface area contributed by atoms with Gasteiger partial charge in [0.1, 0.15) is 18.2 Å². The average Bonchev–Trinajstić information content (AvgIpc) is 2.97. The molecule has 7 nitrogen and oxygen atoms in total. The second-order valence-corrected chi connectivity index (χ2v) is 7.72. The summed E-state index contributed by atoms with van der Waals surface area (Å²) in [5, 5.41) is 18.0. The number of rotatable bonds is 4. The van der Waals surface area contributed by atoms with Gasteiger partial charge < -0.3 is 15.3 Å². The third kappa shape index (κ3) is 3.65. The molecular formula is C20H21ClFN5O2. The number of nitrogens with one attached hydrogen (secondary N) is 1. The van der Waals surface area contributed by atoms with Gasteiger partial charge in [-0.2, -0.15) is 5.10 Å². The predicted octanol–water partition coefficient (Wildman–Crippen LogP) is 3.25. The van der Waals surface area contributed by atoms with Gasteiger partial charge in [-0.15, -0.1) is 0 Å². The van der Waals surface area contributed by atoms with Crippen LogP contribution in [0.1, 0.15) is 25.1 Å². The molecule has 152 valence electrons. The van der Waals surface area contributed by atoms with Gasteiger partial charge >= 0.3 is 0 Å². The van der Waals surface area contributed by atoms with Crippen LogP contribution in [0.4, 0.5) is 16.0 Å². The van der Waals surface area contributed by atoms with E-state index in [9.17, 15) is 14.3 Å². The van der Waals surface area contributed by atoms with Gasteiger partial charge in [0.2, 0.25) is 5.91 Å². The molecule has 29 heavy (non-hydrogen) atoms. The van der Waals surface area contributed by atoms with Crippen molar-refractivity contribution in [1.82, 2.24) is 19.7 Å². The van der Waals surface area contributed by atoms with Crippen molar-refractivity contribution in [2.75, 3.05) is 11.9 Å². The van der Waals surface area contributed by atoms with E-state index in [0.29, 0.717) is 29.0 Å². The Hall–Kier alpha value is -2.71. The summed E-state index contributed by atoms with van der Waals surface area (Å²) in [5.74, 6) is 0.494. The second-order valence-electron chi connectivity index (χ2n) is 7.35. The number of nitrogens with zero attached hydrogens (tertiary/aromatic N) is 4. The van der Waals surface area contributed by atoms with Crippen LogP contribution in [0.15, 0.2) is 24.4 Å². The molecule has 0 saturated heterocycles. The Morgan fingerprint density at radius 1 is 1.31 bits per heavy atom. The Morgan fingerprint density at radius 3 is 2.83 bits per heavy atom. The van der Waals surface area contributed by atoms with Crippen LogP contribution in [-0.4, -0.2) is 43.3 Å². The van der Waals surface area contributed by atoms with Crippen molar-refractivity contribution in [1.29, 1.82) is 0 Å². The number of amides is 1. The number of halogens is 2. The number of hydrogen-bond donors (Lipinski definition) is 2. The number of anilines is 2. The Balaban J connectivity index is 1.60. The number of fused-ring (bicyclic) bond motifs is 2. The lowest BCUT2D eigenvalue weighted by Gasteiger charge is -2.24. The Morgan fingerprint density at radius 2 is 2.10 bits per heavy atom. The molecule has 3 aromatic rings. The number of pyridine rings is 1. The van der Waals surface area contributed by atoms with Crippen molar-refractivity contribution in [3.8, 4) is 0 Å². The maximum Gasteiger partial charge on any atom is 0.244 e. The Bertz CT molecular complexity index is 1100. The lowest BCUT2D eigenvalue weighted by Crippen LogP contribution is -2.38. The number of aliphatic hydroxyl groups is 1.